The highest BCUT2D eigenvalue weighted by atomic mass is 32.2. The monoisotopic (exact) mass is 229 g/mol. The Bertz CT molecular complexity index is 422. The van der Waals surface area contributed by atoms with E-state index >= 15 is 0 Å². The standard InChI is InChI=1S/C9H15N3O2S/c1-7-5-8(2)11-9(6-7)12-15(13,14)4-3-10/h5-6H,3-4,10H2,1-2H3,(H,11,12). The third-order valence-electron chi connectivity index (χ3n) is 1.74. The number of hydrogen-bond acceptors (Lipinski definition) is 4. The lowest BCUT2D eigenvalue weighted by Crippen LogP contribution is -2.23. The van der Waals surface area contributed by atoms with E-state index in [1.54, 1.807) is 6.07 Å². The number of aromatic nitrogens is 1. The molecule has 84 valence electrons. The molecule has 0 radical (unpaired) electrons. The first-order valence-electron chi connectivity index (χ1n) is 4.59. The van der Waals surface area contributed by atoms with Gasteiger partial charge in [-0.1, -0.05) is 0 Å². The van der Waals surface area contributed by atoms with E-state index in [4.69, 9.17) is 5.73 Å². The summed E-state index contributed by atoms with van der Waals surface area (Å²) in [5, 5.41) is 0. The van der Waals surface area contributed by atoms with Gasteiger partial charge >= 0.3 is 0 Å². The van der Waals surface area contributed by atoms with Gasteiger partial charge in [0.15, 0.2) is 0 Å². The Morgan fingerprint density at radius 2 is 2.07 bits per heavy atom. The zero-order chi connectivity index (χ0) is 11.5. The predicted octanol–water partition coefficient (Wildman–Crippen LogP) is 0.399. The van der Waals surface area contributed by atoms with Crippen LogP contribution >= 0.6 is 0 Å². The fourth-order valence-electron chi connectivity index (χ4n) is 1.26. The Hall–Kier alpha value is -1.14. The van der Waals surface area contributed by atoms with Crippen LogP contribution in [0.15, 0.2) is 12.1 Å². The average Bonchev–Trinajstić information content (AvgIpc) is 1.99. The lowest BCUT2D eigenvalue weighted by Gasteiger charge is -2.07. The number of aryl methyl sites for hydroxylation is 2. The molecule has 15 heavy (non-hydrogen) atoms. The zero-order valence-corrected chi connectivity index (χ0v) is 9.63. The molecule has 1 aromatic heterocycles. The van der Waals surface area contributed by atoms with Crippen LogP contribution in [0, 0.1) is 13.8 Å². The van der Waals surface area contributed by atoms with E-state index < -0.39 is 10.0 Å². The highest BCUT2D eigenvalue weighted by Crippen LogP contribution is 2.10. The van der Waals surface area contributed by atoms with Crippen molar-refractivity contribution in [1.82, 2.24) is 4.98 Å². The fourth-order valence-corrected chi connectivity index (χ4v) is 2.09. The zero-order valence-electron chi connectivity index (χ0n) is 8.82. The predicted molar refractivity (Wildman–Crippen MR) is 60.2 cm³/mol. The van der Waals surface area contributed by atoms with Crippen molar-refractivity contribution in [3.8, 4) is 0 Å². The van der Waals surface area contributed by atoms with Crippen LogP contribution < -0.4 is 10.5 Å². The van der Waals surface area contributed by atoms with Gasteiger partial charge in [0.2, 0.25) is 10.0 Å². The normalized spacial score (nSPS) is 11.4. The molecule has 0 unspecified atom stereocenters. The minimum absolute atomic E-state index is 0.0956. The molecule has 0 aromatic carbocycles. The summed E-state index contributed by atoms with van der Waals surface area (Å²) in [4.78, 5) is 4.07. The summed E-state index contributed by atoms with van der Waals surface area (Å²) in [6.45, 7) is 3.79. The topological polar surface area (TPSA) is 85.1 Å². The second-order valence-corrected chi connectivity index (χ2v) is 5.22. The Morgan fingerprint density at radius 1 is 1.40 bits per heavy atom. The molecule has 0 aliphatic rings. The lowest BCUT2D eigenvalue weighted by molar-refractivity contribution is 0.601. The van der Waals surface area contributed by atoms with E-state index in [0.717, 1.165) is 11.3 Å². The lowest BCUT2D eigenvalue weighted by atomic mass is 10.2. The molecule has 0 atom stereocenters. The number of nitrogens with zero attached hydrogens (tertiary/aromatic N) is 1. The molecule has 6 heteroatoms. The van der Waals surface area contributed by atoms with Crippen molar-refractivity contribution in [2.45, 2.75) is 13.8 Å². The number of rotatable bonds is 4. The summed E-state index contributed by atoms with van der Waals surface area (Å²) < 4.78 is 25.2. The molecular weight excluding hydrogens is 214 g/mol. The van der Waals surface area contributed by atoms with Gasteiger partial charge in [0.05, 0.1) is 5.75 Å². The van der Waals surface area contributed by atoms with Gasteiger partial charge in [0.1, 0.15) is 5.82 Å². The van der Waals surface area contributed by atoms with Gasteiger partial charge in [0.25, 0.3) is 0 Å². The van der Waals surface area contributed by atoms with Crippen LogP contribution in [0.1, 0.15) is 11.3 Å². The first kappa shape index (κ1) is 11.9. The summed E-state index contributed by atoms with van der Waals surface area (Å²) in [7, 11) is -3.36. The van der Waals surface area contributed by atoms with E-state index in [0.29, 0.717) is 5.82 Å². The Balaban J connectivity index is 2.90. The number of hydrogen-bond donors (Lipinski definition) is 2. The van der Waals surface area contributed by atoms with E-state index in [9.17, 15) is 8.42 Å². The van der Waals surface area contributed by atoms with Crippen molar-refractivity contribution in [3.05, 3.63) is 23.4 Å². The smallest absolute Gasteiger partial charge is 0.235 e. The van der Waals surface area contributed by atoms with Gasteiger partial charge in [-0.3, -0.25) is 4.72 Å². The maximum atomic E-state index is 11.4. The van der Waals surface area contributed by atoms with Gasteiger partial charge in [0, 0.05) is 12.2 Å². The SMILES string of the molecule is Cc1cc(C)nc(NS(=O)(=O)CCN)c1. The molecule has 3 N–H and O–H groups in total. The second kappa shape index (κ2) is 4.59. The molecule has 1 heterocycles. The van der Waals surface area contributed by atoms with Crippen molar-refractivity contribution < 1.29 is 8.42 Å². The quantitative estimate of drug-likeness (QED) is 0.782. The van der Waals surface area contributed by atoms with Crippen LogP contribution in [0.25, 0.3) is 0 Å². The molecule has 1 rings (SSSR count). The second-order valence-electron chi connectivity index (χ2n) is 3.38. The molecule has 1 aromatic rings. The van der Waals surface area contributed by atoms with Gasteiger partial charge in [-0.2, -0.15) is 0 Å². The number of nitrogens with two attached hydrogens (primary N) is 1. The number of pyridine rings is 1. The summed E-state index contributed by atoms with van der Waals surface area (Å²) in [5.41, 5.74) is 6.93. The maximum Gasteiger partial charge on any atom is 0.235 e. The largest absolute Gasteiger partial charge is 0.329 e. The molecular formula is C9H15N3O2S. The highest BCUT2D eigenvalue weighted by Gasteiger charge is 2.09. The number of sulfonamides is 1. The third-order valence-corrected chi connectivity index (χ3v) is 3.04. The highest BCUT2D eigenvalue weighted by molar-refractivity contribution is 7.92. The fraction of sp³-hybridized carbons (Fsp3) is 0.444. The molecule has 5 nitrogen and oxygen atoms in total. The van der Waals surface area contributed by atoms with E-state index in [1.807, 2.05) is 19.9 Å². The van der Waals surface area contributed by atoms with Crippen molar-refractivity contribution in [2.75, 3.05) is 17.0 Å². The summed E-state index contributed by atoms with van der Waals surface area (Å²) in [5.74, 6) is 0.253. The van der Waals surface area contributed by atoms with Crippen LogP contribution in [0.3, 0.4) is 0 Å². The van der Waals surface area contributed by atoms with Gasteiger partial charge in [-0.15, -0.1) is 0 Å². The average molecular weight is 229 g/mol. The molecule has 0 spiro atoms. The van der Waals surface area contributed by atoms with Crippen molar-refractivity contribution in [3.63, 3.8) is 0 Å². The van der Waals surface area contributed by atoms with E-state index in [2.05, 4.69) is 9.71 Å². The first-order valence-corrected chi connectivity index (χ1v) is 6.24. The summed E-state index contributed by atoms with van der Waals surface area (Å²) in [6.07, 6.45) is 0. The summed E-state index contributed by atoms with van der Waals surface area (Å²) >= 11 is 0. The van der Waals surface area contributed by atoms with Gasteiger partial charge in [-0.25, -0.2) is 13.4 Å². The Labute approximate surface area is 89.8 Å². The molecule has 0 fully saturated rings. The Morgan fingerprint density at radius 3 is 2.60 bits per heavy atom. The minimum atomic E-state index is -3.36. The van der Waals surface area contributed by atoms with Crippen molar-refractivity contribution >= 4 is 15.8 Å². The molecule has 0 bridgehead atoms. The van der Waals surface area contributed by atoms with Crippen LogP contribution in [0.5, 0.6) is 0 Å². The maximum absolute atomic E-state index is 11.4. The third kappa shape index (κ3) is 3.85. The van der Waals surface area contributed by atoms with Crippen LogP contribution in [0.4, 0.5) is 5.82 Å². The van der Waals surface area contributed by atoms with Crippen molar-refractivity contribution in [1.29, 1.82) is 0 Å². The molecule has 0 aliphatic heterocycles. The first-order chi connectivity index (χ1) is 6.93. The van der Waals surface area contributed by atoms with E-state index in [1.165, 1.54) is 0 Å². The van der Waals surface area contributed by atoms with Crippen LogP contribution in [0.2, 0.25) is 0 Å². The van der Waals surface area contributed by atoms with Crippen molar-refractivity contribution in [2.24, 2.45) is 5.73 Å². The molecule has 0 saturated heterocycles. The minimum Gasteiger partial charge on any atom is -0.329 e. The van der Waals surface area contributed by atoms with E-state index in [-0.39, 0.29) is 12.3 Å². The van der Waals surface area contributed by atoms with Crippen LogP contribution in [-0.2, 0) is 10.0 Å². The van der Waals surface area contributed by atoms with Gasteiger partial charge in [-0.05, 0) is 31.5 Å². The molecule has 0 amide bonds. The number of anilines is 1. The number of nitrogens with one attached hydrogen (secondary N) is 1. The van der Waals surface area contributed by atoms with Gasteiger partial charge < -0.3 is 5.73 Å². The molecule has 0 aliphatic carbocycles. The summed E-state index contributed by atoms with van der Waals surface area (Å²) in [6, 6.07) is 3.56. The van der Waals surface area contributed by atoms with Crippen LogP contribution in [-0.4, -0.2) is 25.7 Å². The Kier molecular flexibility index (Phi) is 3.65. The molecule has 0 saturated carbocycles.